The van der Waals surface area contributed by atoms with E-state index < -0.39 is 0 Å². The van der Waals surface area contributed by atoms with Crippen LogP contribution < -0.4 is 0 Å². The summed E-state index contributed by atoms with van der Waals surface area (Å²) in [7, 11) is 0. The second kappa shape index (κ2) is 12.3. The molecular formula is C51H35N3. The molecule has 2 heterocycles. The monoisotopic (exact) mass is 689 g/mol. The SMILES string of the molecule is CC1(C)c2ccccc2-c2ccc3c4ccccc4n(-c4cc(-c5ccc(C#N)cc5)cc(-c5cc(-c6ccccc6)cc(-c6ccccc6)n5)c4)c3c21. The fourth-order valence-corrected chi connectivity index (χ4v) is 8.61. The molecule has 0 N–H and O–H groups in total. The van der Waals surface area contributed by atoms with Gasteiger partial charge in [0, 0.05) is 33.0 Å². The maximum absolute atomic E-state index is 9.62. The van der Waals surface area contributed by atoms with Crippen LogP contribution in [-0.4, -0.2) is 9.55 Å². The van der Waals surface area contributed by atoms with Crippen molar-refractivity contribution in [3.8, 4) is 67.7 Å². The summed E-state index contributed by atoms with van der Waals surface area (Å²) in [6.07, 6.45) is 0. The molecule has 0 atom stereocenters. The Balaban J connectivity index is 1.29. The van der Waals surface area contributed by atoms with E-state index in [-0.39, 0.29) is 5.41 Å². The summed E-state index contributed by atoms with van der Waals surface area (Å²) in [4.78, 5) is 5.36. The predicted octanol–water partition coefficient (Wildman–Crippen LogP) is 13.0. The van der Waals surface area contributed by atoms with Gasteiger partial charge in [-0.1, -0.05) is 141 Å². The first kappa shape index (κ1) is 31.7. The summed E-state index contributed by atoms with van der Waals surface area (Å²) in [6, 6.07) is 64.7. The highest BCUT2D eigenvalue weighted by molar-refractivity contribution is 6.13. The van der Waals surface area contributed by atoms with Gasteiger partial charge in [-0.3, -0.25) is 0 Å². The van der Waals surface area contributed by atoms with Crippen LogP contribution in [0.5, 0.6) is 0 Å². The Kier molecular flexibility index (Phi) is 7.22. The predicted molar refractivity (Wildman–Crippen MR) is 223 cm³/mol. The van der Waals surface area contributed by atoms with Crippen molar-refractivity contribution in [2.75, 3.05) is 0 Å². The maximum atomic E-state index is 9.62. The van der Waals surface area contributed by atoms with Gasteiger partial charge in [-0.25, -0.2) is 4.98 Å². The van der Waals surface area contributed by atoms with E-state index in [0.29, 0.717) is 5.56 Å². The Morgan fingerprint density at radius 3 is 1.87 bits per heavy atom. The third-order valence-corrected chi connectivity index (χ3v) is 11.2. The second-order valence-electron chi connectivity index (χ2n) is 14.7. The molecule has 0 unspecified atom stereocenters. The Morgan fingerprint density at radius 1 is 0.500 bits per heavy atom. The highest BCUT2D eigenvalue weighted by Crippen LogP contribution is 2.53. The van der Waals surface area contributed by atoms with Crippen molar-refractivity contribution in [2.45, 2.75) is 19.3 Å². The summed E-state index contributed by atoms with van der Waals surface area (Å²) in [6.45, 7) is 4.73. The zero-order chi connectivity index (χ0) is 36.4. The topological polar surface area (TPSA) is 41.6 Å². The number of hydrogen-bond acceptors (Lipinski definition) is 2. The van der Waals surface area contributed by atoms with Crippen LogP contribution in [0.4, 0.5) is 0 Å². The molecule has 0 saturated carbocycles. The number of nitrogens with zero attached hydrogens (tertiary/aromatic N) is 3. The molecule has 0 amide bonds. The number of hydrogen-bond donors (Lipinski definition) is 0. The standard InChI is InChI=1S/C51H35N3/c1-51(2)45-19-11-9-17-41(45)43-25-26-44-42-18-10-12-20-48(42)54(50(44)49(43)51)40-28-37(35-23-21-33(32-52)22-24-35)27-39(29-40)47-31-38(34-13-5-3-6-14-34)30-46(53-47)36-15-7-4-8-16-36/h3-31H,1-2H3. The number of para-hydroxylation sites is 1. The molecule has 10 rings (SSSR count). The van der Waals surface area contributed by atoms with Crippen molar-refractivity contribution in [1.29, 1.82) is 5.26 Å². The van der Waals surface area contributed by atoms with Crippen LogP contribution in [0, 0.1) is 11.3 Å². The molecule has 9 aromatic rings. The van der Waals surface area contributed by atoms with E-state index >= 15 is 0 Å². The van der Waals surface area contributed by atoms with Gasteiger partial charge in [-0.05, 0) is 93.0 Å². The molecule has 3 nitrogen and oxygen atoms in total. The van der Waals surface area contributed by atoms with Crippen molar-refractivity contribution in [1.82, 2.24) is 9.55 Å². The fraction of sp³-hybridized carbons (Fsp3) is 0.0588. The van der Waals surface area contributed by atoms with Crippen LogP contribution in [0.25, 0.3) is 83.4 Å². The first-order valence-electron chi connectivity index (χ1n) is 18.4. The minimum atomic E-state index is -0.207. The lowest BCUT2D eigenvalue weighted by atomic mass is 9.81. The average Bonchev–Trinajstić information content (AvgIpc) is 3.69. The molecule has 0 spiro atoms. The minimum absolute atomic E-state index is 0.207. The van der Waals surface area contributed by atoms with Crippen LogP contribution in [0.3, 0.4) is 0 Å². The Bertz CT molecular complexity index is 2890. The molecule has 254 valence electrons. The minimum Gasteiger partial charge on any atom is -0.309 e. The normalized spacial score (nSPS) is 12.8. The largest absolute Gasteiger partial charge is 0.309 e. The Labute approximate surface area is 315 Å². The lowest BCUT2D eigenvalue weighted by Crippen LogP contribution is -2.16. The van der Waals surface area contributed by atoms with Crippen LogP contribution in [0.1, 0.15) is 30.5 Å². The van der Waals surface area contributed by atoms with Gasteiger partial charge in [-0.2, -0.15) is 5.26 Å². The second-order valence-corrected chi connectivity index (χ2v) is 14.7. The molecule has 0 fully saturated rings. The molecule has 1 aliphatic carbocycles. The summed E-state index contributed by atoms with van der Waals surface area (Å²) < 4.78 is 2.48. The number of benzene rings is 7. The van der Waals surface area contributed by atoms with E-state index in [9.17, 15) is 5.26 Å². The molecule has 7 aromatic carbocycles. The highest BCUT2D eigenvalue weighted by Gasteiger charge is 2.38. The van der Waals surface area contributed by atoms with Crippen molar-refractivity contribution < 1.29 is 0 Å². The molecule has 1 aliphatic rings. The number of fused-ring (bicyclic) bond motifs is 7. The zero-order valence-electron chi connectivity index (χ0n) is 30.1. The van der Waals surface area contributed by atoms with E-state index in [4.69, 9.17) is 4.98 Å². The number of pyridine rings is 1. The summed E-state index contributed by atoms with van der Waals surface area (Å²) >= 11 is 0. The van der Waals surface area contributed by atoms with Crippen molar-refractivity contribution in [2.24, 2.45) is 0 Å². The number of aromatic nitrogens is 2. The summed E-state index contributed by atoms with van der Waals surface area (Å²) in [5, 5.41) is 12.1. The molecule has 0 saturated heterocycles. The van der Waals surface area contributed by atoms with Gasteiger partial charge in [0.05, 0.1) is 34.1 Å². The van der Waals surface area contributed by atoms with Gasteiger partial charge < -0.3 is 4.57 Å². The molecule has 0 aliphatic heterocycles. The molecule has 0 radical (unpaired) electrons. The van der Waals surface area contributed by atoms with E-state index in [2.05, 4.69) is 170 Å². The molecule has 54 heavy (non-hydrogen) atoms. The summed E-state index contributed by atoms with van der Waals surface area (Å²) in [5.74, 6) is 0. The average molecular weight is 690 g/mol. The highest BCUT2D eigenvalue weighted by atomic mass is 15.0. The first-order valence-corrected chi connectivity index (χ1v) is 18.4. The van der Waals surface area contributed by atoms with Gasteiger partial charge >= 0.3 is 0 Å². The van der Waals surface area contributed by atoms with Crippen LogP contribution in [-0.2, 0) is 5.41 Å². The zero-order valence-corrected chi connectivity index (χ0v) is 30.1. The van der Waals surface area contributed by atoms with Gasteiger partial charge in [-0.15, -0.1) is 0 Å². The van der Waals surface area contributed by atoms with Crippen LogP contribution in [0.15, 0.2) is 176 Å². The van der Waals surface area contributed by atoms with E-state index in [1.54, 1.807) is 0 Å². The van der Waals surface area contributed by atoms with Gasteiger partial charge in [0.25, 0.3) is 0 Å². The third kappa shape index (κ3) is 4.99. The van der Waals surface area contributed by atoms with Gasteiger partial charge in [0.1, 0.15) is 0 Å². The number of nitriles is 1. The van der Waals surface area contributed by atoms with E-state index in [1.807, 2.05) is 30.3 Å². The van der Waals surface area contributed by atoms with Crippen LogP contribution >= 0.6 is 0 Å². The molecule has 2 aromatic heterocycles. The number of rotatable bonds is 5. The summed E-state index contributed by atoms with van der Waals surface area (Å²) in [5.41, 5.74) is 17.4. The molecule has 3 heteroatoms. The quantitative estimate of drug-likeness (QED) is 0.180. The van der Waals surface area contributed by atoms with Gasteiger partial charge in [0.15, 0.2) is 0 Å². The third-order valence-electron chi connectivity index (χ3n) is 11.2. The van der Waals surface area contributed by atoms with Gasteiger partial charge in [0.2, 0.25) is 0 Å². The maximum Gasteiger partial charge on any atom is 0.0991 e. The Morgan fingerprint density at radius 2 is 1.11 bits per heavy atom. The van der Waals surface area contributed by atoms with Crippen LogP contribution in [0.2, 0.25) is 0 Å². The lowest BCUT2D eigenvalue weighted by molar-refractivity contribution is 0.664. The van der Waals surface area contributed by atoms with Crippen molar-refractivity contribution >= 4 is 21.8 Å². The Hall–Kier alpha value is -7.02. The fourth-order valence-electron chi connectivity index (χ4n) is 8.61. The first-order chi connectivity index (χ1) is 26.5. The van der Waals surface area contributed by atoms with Crippen molar-refractivity contribution in [3.63, 3.8) is 0 Å². The smallest absolute Gasteiger partial charge is 0.0991 e. The van der Waals surface area contributed by atoms with E-state index in [0.717, 1.165) is 56.0 Å². The van der Waals surface area contributed by atoms with Crippen molar-refractivity contribution in [3.05, 3.63) is 193 Å². The molecular weight excluding hydrogens is 655 g/mol. The molecule has 0 bridgehead atoms. The lowest BCUT2D eigenvalue weighted by Gasteiger charge is -2.24. The van der Waals surface area contributed by atoms with E-state index in [1.165, 1.54) is 38.5 Å².